The average Bonchev–Trinajstić information content (AvgIpc) is 2.45. The second kappa shape index (κ2) is 8.14. The molecule has 0 radical (unpaired) electrons. The lowest BCUT2D eigenvalue weighted by atomic mass is 9.92. The van der Waals surface area contributed by atoms with Gasteiger partial charge in [-0.3, -0.25) is 9.69 Å². The minimum atomic E-state index is 0.352. The van der Waals surface area contributed by atoms with Crippen LogP contribution in [0.4, 0.5) is 0 Å². The molecule has 1 N–H and O–H groups in total. The normalized spacial score (nSPS) is 31.4. The SMILES string of the molecule is CNCCC1CCCCN1CC(=O)N1CC(C)CC(C)C1. The molecule has 0 saturated carbocycles. The van der Waals surface area contributed by atoms with Gasteiger partial charge in [0.1, 0.15) is 0 Å². The fourth-order valence-corrected chi connectivity index (χ4v) is 4.05. The molecule has 2 rings (SSSR count). The Balaban J connectivity index is 1.87. The molecule has 3 unspecified atom stereocenters. The van der Waals surface area contributed by atoms with E-state index >= 15 is 0 Å². The van der Waals surface area contributed by atoms with Crippen LogP contribution < -0.4 is 5.32 Å². The van der Waals surface area contributed by atoms with Gasteiger partial charge in [-0.15, -0.1) is 0 Å². The molecule has 4 heteroatoms. The van der Waals surface area contributed by atoms with Gasteiger partial charge >= 0.3 is 0 Å². The fourth-order valence-electron chi connectivity index (χ4n) is 4.05. The number of carbonyl (C=O) groups is 1. The van der Waals surface area contributed by atoms with Gasteiger partial charge in [-0.1, -0.05) is 20.3 Å². The lowest BCUT2D eigenvalue weighted by molar-refractivity contribution is -0.136. The zero-order valence-electron chi connectivity index (χ0n) is 14.1. The maximum absolute atomic E-state index is 12.6. The third-order valence-electron chi connectivity index (χ3n) is 5.04. The van der Waals surface area contributed by atoms with Crippen molar-refractivity contribution < 1.29 is 4.79 Å². The van der Waals surface area contributed by atoms with Crippen LogP contribution in [0, 0.1) is 11.8 Å². The van der Waals surface area contributed by atoms with Crippen molar-refractivity contribution in [2.45, 2.75) is 52.0 Å². The second-order valence-electron chi connectivity index (χ2n) is 7.26. The Bertz CT molecular complexity index is 324. The molecule has 21 heavy (non-hydrogen) atoms. The number of hydrogen-bond acceptors (Lipinski definition) is 3. The van der Waals surface area contributed by atoms with E-state index in [-0.39, 0.29) is 0 Å². The van der Waals surface area contributed by atoms with Gasteiger partial charge in [-0.25, -0.2) is 0 Å². The van der Waals surface area contributed by atoms with Gasteiger partial charge in [0, 0.05) is 19.1 Å². The molecule has 4 nitrogen and oxygen atoms in total. The van der Waals surface area contributed by atoms with Crippen LogP contribution in [-0.2, 0) is 4.79 Å². The third kappa shape index (κ3) is 4.96. The van der Waals surface area contributed by atoms with Crippen LogP contribution in [0.25, 0.3) is 0 Å². The van der Waals surface area contributed by atoms with E-state index < -0.39 is 0 Å². The molecule has 2 heterocycles. The van der Waals surface area contributed by atoms with E-state index in [9.17, 15) is 4.79 Å². The monoisotopic (exact) mass is 295 g/mol. The highest BCUT2D eigenvalue weighted by molar-refractivity contribution is 5.78. The summed E-state index contributed by atoms with van der Waals surface area (Å²) in [7, 11) is 2.01. The van der Waals surface area contributed by atoms with E-state index in [2.05, 4.69) is 29.0 Å². The summed E-state index contributed by atoms with van der Waals surface area (Å²) in [6.07, 6.45) is 6.24. The number of nitrogens with one attached hydrogen (secondary N) is 1. The van der Waals surface area contributed by atoms with Crippen LogP contribution in [0.1, 0.15) is 46.0 Å². The van der Waals surface area contributed by atoms with Gasteiger partial charge in [-0.05, 0) is 57.7 Å². The predicted molar refractivity (Wildman–Crippen MR) is 87.3 cm³/mol. The molecule has 2 aliphatic rings. The Morgan fingerprint density at radius 1 is 1.19 bits per heavy atom. The zero-order valence-corrected chi connectivity index (χ0v) is 14.1. The summed E-state index contributed by atoms with van der Waals surface area (Å²) in [5, 5.41) is 3.24. The van der Waals surface area contributed by atoms with Crippen molar-refractivity contribution in [3.05, 3.63) is 0 Å². The van der Waals surface area contributed by atoms with Gasteiger partial charge in [0.2, 0.25) is 5.91 Å². The van der Waals surface area contributed by atoms with Gasteiger partial charge in [0.15, 0.2) is 0 Å². The van der Waals surface area contributed by atoms with E-state index in [0.717, 1.165) is 32.6 Å². The molecule has 0 aliphatic carbocycles. The minimum Gasteiger partial charge on any atom is -0.341 e. The molecule has 0 bridgehead atoms. The van der Waals surface area contributed by atoms with Crippen LogP contribution in [0.3, 0.4) is 0 Å². The summed E-state index contributed by atoms with van der Waals surface area (Å²) in [5.41, 5.74) is 0. The Kier molecular flexibility index (Phi) is 6.49. The highest BCUT2D eigenvalue weighted by atomic mass is 16.2. The van der Waals surface area contributed by atoms with Crippen molar-refractivity contribution in [3.8, 4) is 0 Å². The lowest BCUT2D eigenvalue weighted by Gasteiger charge is -2.39. The standard InChI is InChI=1S/C17H33N3O/c1-14-10-15(2)12-20(11-14)17(21)13-19-9-5-4-6-16(19)7-8-18-3/h14-16,18H,4-13H2,1-3H3. The molecular formula is C17H33N3O. The number of carbonyl (C=O) groups excluding carboxylic acids is 1. The molecule has 3 atom stereocenters. The highest BCUT2D eigenvalue weighted by Gasteiger charge is 2.29. The molecular weight excluding hydrogens is 262 g/mol. The molecule has 2 saturated heterocycles. The smallest absolute Gasteiger partial charge is 0.236 e. The molecule has 0 aromatic heterocycles. The topological polar surface area (TPSA) is 35.6 Å². The van der Waals surface area contributed by atoms with Crippen molar-refractivity contribution in [3.63, 3.8) is 0 Å². The number of amides is 1. The van der Waals surface area contributed by atoms with Crippen LogP contribution in [0.2, 0.25) is 0 Å². The number of likely N-dealkylation sites (tertiary alicyclic amines) is 2. The van der Waals surface area contributed by atoms with Crippen molar-refractivity contribution in [1.29, 1.82) is 0 Å². The molecule has 0 spiro atoms. The zero-order chi connectivity index (χ0) is 15.2. The summed E-state index contributed by atoms with van der Waals surface area (Å²) in [5.74, 6) is 1.66. The number of nitrogens with zero attached hydrogens (tertiary/aromatic N) is 2. The summed E-state index contributed by atoms with van der Waals surface area (Å²) in [6.45, 7) is 9.23. The fraction of sp³-hybridized carbons (Fsp3) is 0.941. The van der Waals surface area contributed by atoms with Gasteiger partial charge < -0.3 is 10.2 Å². The van der Waals surface area contributed by atoms with Gasteiger partial charge in [0.25, 0.3) is 0 Å². The van der Waals surface area contributed by atoms with Crippen LogP contribution >= 0.6 is 0 Å². The third-order valence-corrected chi connectivity index (χ3v) is 5.04. The summed E-state index contributed by atoms with van der Waals surface area (Å²) < 4.78 is 0. The Hall–Kier alpha value is -0.610. The van der Waals surface area contributed by atoms with Crippen molar-refractivity contribution in [2.75, 3.05) is 39.8 Å². The van der Waals surface area contributed by atoms with Crippen molar-refractivity contribution >= 4 is 5.91 Å². The van der Waals surface area contributed by atoms with E-state index in [1.165, 1.54) is 25.7 Å². The average molecular weight is 295 g/mol. The van der Waals surface area contributed by atoms with E-state index in [1.807, 2.05) is 7.05 Å². The van der Waals surface area contributed by atoms with E-state index in [0.29, 0.717) is 30.3 Å². The van der Waals surface area contributed by atoms with Gasteiger partial charge in [-0.2, -0.15) is 0 Å². The molecule has 0 aromatic carbocycles. The quantitative estimate of drug-likeness (QED) is 0.842. The molecule has 1 amide bonds. The first-order valence-electron chi connectivity index (χ1n) is 8.76. The van der Waals surface area contributed by atoms with Crippen molar-refractivity contribution in [1.82, 2.24) is 15.1 Å². The van der Waals surface area contributed by atoms with Crippen molar-refractivity contribution in [2.24, 2.45) is 11.8 Å². The first-order valence-corrected chi connectivity index (χ1v) is 8.76. The largest absolute Gasteiger partial charge is 0.341 e. The highest BCUT2D eigenvalue weighted by Crippen LogP contribution is 2.23. The van der Waals surface area contributed by atoms with Crippen LogP contribution in [0.5, 0.6) is 0 Å². The number of piperidine rings is 2. The molecule has 0 aromatic rings. The first kappa shape index (κ1) is 16.8. The minimum absolute atomic E-state index is 0.352. The number of rotatable bonds is 5. The predicted octanol–water partition coefficient (Wildman–Crippen LogP) is 1.95. The van der Waals surface area contributed by atoms with E-state index in [4.69, 9.17) is 0 Å². The Labute approximate surface area is 130 Å². The van der Waals surface area contributed by atoms with Crippen LogP contribution in [-0.4, -0.2) is 61.5 Å². The summed E-state index contributed by atoms with van der Waals surface area (Å²) in [6, 6.07) is 0.592. The Morgan fingerprint density at radius 2 is 1.90 bits per heavy atom. The first-order chi connectivity index (χ1) is 10.1. The molecule has 122 valence electrons. The lowest BCUT2D eigenvalue weighted by Crippen LogP contribution is -2.50. The maximum Gasteiger partial charge on any atom is 0.236 e. The molecule has 2 fully saturated rings. The van der Waals surface area contributed by atoms with E-state index in [1.54, 1.807) is 0 Å². The summed E-state index contributed by atoms with van der Waals surface area (Å²) in [4.78, 5) is 17.2. The van der Waals surface area contributed by atoms with Gasteiger partial charge in [0.05, 0.1) is 6.54 Å². The maximum atomic E-state index is 12.6. The number of hydrogen-bond donors (Lipinski definition) is 1. The Morgan fingerprint density at radius 3 is 2.57 bits per heavy atom. The van der Waals surface area contributed by atoms with Crippen LogP contribution in [0.15, 0.2) is 0 Å². The molecule has 2 aliphatic heterocycles. The summed E-state index contributed by atoms with van der Waals surface area (Å²) >= 11 is 0. The second-order valence-corrected chi connectivity index (χ2v) is 7.26.